The summed E-state index contributed by atoms with van der Waals surface area (Å²) in [6.45, 7) is 4.41. The molecule has 0 bridgehead atoms. The van der Waals surface area contributed by atoms with E-state index in [1.54, 1.807) is 22.8 Å². The fourth-order valence-electron chi connectivity index (χ4n) is 4.11. The third kappa shape index (κ3) is 6.81. The van der Waals surface area contributed by atoms with Crippen LogP contribution in [0.2, 0.25) is 5.02 Å². The standard InChI is InChI=1S/C30H31ClN4O3/c1-21(2)19-34(30(37)17-22-13-15-24(38-3)16-14-22)20-29(36)32-28-18-26(23-9-5-4-6-10-23)33-35(28)27-12-8-7-11-25(27)31/h4-16,18,21H,17,19-20H2,1-3H3,(H,32,36). The number of amides is 2. The molecule has 0 saturated carbocycles. The zero-order valence-electron chi connectivity index (χ0n) is 21.7. The molecule has 38 heavy (non-hydrogen) atoms. The molecule has 0 unspecified atom stereocenters. The first kappa shape index (κ1) is 26.9. The van der Waals surface area contributed by atoms with Gasteiger partial charge in [0.05, 0.1) is 36.5 Å². The van der Waals surface area contributed by atoms with Crippen molar-refractivity contribution in [2.75, 3.05) is 25.5 Å². The molecule has 4 rings (SSSR count). The molecule has 7 nitrogen and oxygen atoms in total. The topological polar surface area (TPSA) is 76.5 Å². The number of rotatable bonds is 10. The number of aromatic nitrogens is 2. The summed E-state index contributed by atoms with van der Waals surface area (Å²) in [5.74, 6) is 0.949. The number of hydrogen-bond donors (Lipinski definition) is 1. The smallest absolute Gasteiger partial charge is 0.245 e. The minimum absolute atomic E-state index is 0.0818. The third-order valence-corrected chi connectivity index (χ3v) is 6.23. The Morgan fingerprint density at radius 1 is 1.00 bits per heavy atom. The normalized spacial score (nSPS) is 10.9. The fraction of sp³-hybridized carbons (Fsp3) is 0.233. The molecule has 0 aliphatic rings. The van der Waals surface area contributed by atoms with E-state index < -0.39 is 0 Å². The van der Waals surface area contributed by atoms with Crippen molar-refractivity contribution < 1.29 is 14.3 Å². The van der Waals surface area contributed by atoms with Gasteiger partial charge in [-0.1, -0.05) is 80.0 Å². The van der Waals surface area contributed by atoms with Crippen LogP contribution in [0.1, 0.15) is 19.4 Å². The van der Waals surface area contributed by atoms with Crippen LogP contribution < -0.4 is 10.1 Å². The second kappa shape index (κ2) is 12.4. The minimum Gasteiger partial charge on any atom is -0.497 e. The summed E-state index contributed by atoms with van der Waals surface area (Å²) in [5, 5.41) is 8.18. The molecule has 0 atom stereocenters. The summed E-state index contributed by atoms with van der Waals surface area (Å²) >= 11 is 6.47. The number of hydrogen-bond acceptors (Lipinski definition) is 4. The number of nitrogens with one attached hydrogen (secondary N) is 1. The van der Waals surface area contributed by atoms with Gasteiger partial charge in [-0.3, -0.25) is 9.59 Å². The van der Waals surface area contributed by atoms with Gasteiger partial charge in [0, 0.05) is 18.2 Å². The lowest BCUT2D eigenvalue weighted by atomic mass is 10.1. The average Bonchev–Trinajstić information content (AvgIpc) is 3.32. The molecular weight excluding hydrogens is 500 g/mol. The maximum absolute atomic E-state index is 13.3. The van der Waals surface area contributed by atoms with Crippen molar-refractivity contribution in [3.8, 4) is 22.7 Å². The van der Waals surface area contributed by atoms with Gasteiger partial charge in [-0.2, -0.15) is 5.10 Å². The zero-order valence-corrected chi connectivity index (χ0v) is 22.5. The van der Waals surface area contributed by atoms with Crippen molar-refractivity contribution in [2.24, 2.45) is 5.92 Å². The monoisotopic (exact) mass is 530 g/mol. The Morgan fingerprint density at radius 2 is 1.68 bits per heavy atom. The molecule has 2 amide bonds. The second-order valence-corrected chi connectivity index (χ2v) is 9.79. The number of nitrogens with zero attached hydrogens (tertiary/aromatic N) is 3. The Labute approximate surface area is 228 Å². The summed E-state index contributed by atoms with van der Waals surface area (Å²) in [6, 6.07) is 26.2. The molecular formula is C30H31ClN4O3. The molecule has 0 aliphatic carbocycles. The van der Waals surface area contributed by atoms with E-state index in [0.29, 0.717) is 28.8 Å². The van der Waals surface area contributed by atoms with E-state index >= 15 is 0 Å². The summed E-state index contributed by atoms with van der Waals surface area (Å²) in [5.41, 5.74) is 3.09. The van der Waals surface area contributed by atoms with Crippen molar-refractivity contribution in [1.82, 2.24) is 14.7 Å². The summed E-state index contributed by atoms with van der Waals surface area (Å²) in [7, 11) is 1.60. The van der Waals surface area contributed by atoms with Crippen molar-refractivity contribution in [2.45, 2.75) is 20.3 Å². The highest BCUT2D eigenvalue weighted by Crippen LogP contribution is 2.28. The molecule has 0 spiro atoms. The van der Waals surface area contributed by atoms with Crippen LogP contribution in [0.3, 0.4) is 0 Å². The lowest BCUT2D eigenvalue weighted by Gasteiger charge is -2.24. The van der Waals surface area contributed by atoms with Gasteiger partial charge in [0.1, 0.15) is 11.6 Å². The van der Waals surface area contributed by atoms with Crippen molar-refractivity contribution in [1.29, 1.82) is 0 Å². The van der Waals surface area contributed by atoms with Gasteiger partial charge >= 0.3 is 0 Å². The Kier molecular flexibility index (Phi) is 8.81. The van der Waals surface area contributed by atoms with Crippen molar-refractivity contribution >= 4 is 29.2 Å². The van der Waals surface area contributed by atoms with Gasteiger partial charge in [-0.25, -0.2) is 4.68 Å². The van der Waals surface area contributed by atoms with Crippen LogP contribution in [0, 0.1) is 5.92 Å². The van der Waals surface area contributed by atoms with E-state index in [4.69, 9.17) is 21.4 Å². The molecule has 0 saturated heterocycles. The fourth-order valence-corrected chi connectivity index (χ4v) is 4.32. The summed E-state index contributed by atoms with van der Waals surface area (Å²) < 4.78 is 6.82. The predicted molar refractivity (Wildman–Crippen MR) is 151 cm³/mol. The van der Waals surface area contributed by atoms with E-state index in [9.17, 15) is 9.59 Å². The zero-order chi connectivity index (χ0) is 27.1. The van der Waals surface area contributed by atoms with E-state index in [1.807, 2.05) is 92.7 Å². The highest BCUT2D eigenvalue weighted by molar-refractivity contribution is 6.32. The minimum atomic E-state index is -0.318. The lowest BCUT2D eigenvalue weighted by Crippen LogP contribution is -2.41. The van der Waals surface area contributed by atoms with Crippen LogP contribution in [0.4, 0.5) is 5.82 Å². The Morgan fingerprint density at radius 3 is 2.34 bits per heavy atom. The van der Waals surface area contributed by atoms with Crippen LogP contribution in [0.5, 0.6) is 5.75 Å². The van der Waals surface area contributed by atoms with E-state index in [-0.39, 0.29) is 30.7 Å². The van der Waals surface area contributed by atoms with Crippen molar-refractivity contribution in [3.05, 3.63) is 95.5 Å². The van der Waals surface area contributed by atoms with E-state index in [2.05, 4.69) is 5.32 Å². The maximum Gasteiger partial charge on any atom is 0.245 e. The Bertz CT molecular complexity index is 1380. The van der Waals surface area contributed by atoms with Crippen LogP contribution in [-0.2, 0) is 16.0 Å². The van der Waals surface area contributed by atoms with Gasteiger partial charge in [-0.15, -0.1) is 0 Å². The van der Waals surface area contributed by atoms with Gasteiger partial charge in [0.15, 0.2) is 0 Å². The number of methoxy groups -OCH3 is 1. The quantitative estimate of drug-likeness (QED) is 0.278. The molecule has 3 aromatic carbocycles. The van der Waals surface area contributed by atoms with Crippen LogP contribution in [0.15, 0.2) is 84.9 Å². The Balaban J connectivity index is 1.56. The SMILES string of the molecule is COc1ccc(CC(=O)N(CC(=O)Nc2cc(-c3ccccc3)nn2-c2ccccc2Cl)CC(C)C)cc1. The van der Waals surface area contributed by atoms with Crippen molar-refractivity contribution in [3.63, 3.8) is 0 Å². The molecule has 8 heteroatoms. The summed E-state index contributed by atoms with van der Waals surface area (Å²) in [4.78, 5) is 28.1. The molecule has 0 aliphatic heterocycles. The maximum atomic E-state index is 13.3. The number of ether oxygens (including phenoxy) is 1. The van der Waals surface area contributed by atoms with Gasteiger partial charge < -0.3 is 15.0 Å². The van der Waals surface area contributed by atoms with Gasteiger partial charge in [0.2, 0.25) is 11.8 Å². The number of anilines is 1. The molecule has 1 heterocycles. The van der Waals surface area contributed by atoms with E-state index in [0.717, 1.165) is 16.9 Å². The summed E-state index contributed by atoms with van der Waals surface area (Å²) in [6.07, 6.45) is 0.194. The number of carbonyl (C=O) groups is 2. The Hall–Kier alpha value is -4.10. The first-order valence-corrected chi connectivity index (χ1v) is 12.8. The molecule has 0 radical (unpaired) electrons. The van der Waals surface area contributed by atoms with Crippen LogP contribution >= 0.6 is 11.6 Å². The van der Waals surface area contributed by atoms with Crippen LogP contribution in [0.25, 0.3) is 16.9 Å². The molecule has 4 aromatic rings. The number of halogens is 1. The third-order valence-electron chi connectivity index (χ3n) is 5.91. The van der Waals surface area contributed by atoms with Crippen LogP contribution in [-0.4, -0.2) is 46.7 Å². The lowest BCUT2D eigenvalue weighted by molar-refractivity contribution is -0.134. The highest BCUT2D eigenvalue weighted by atomic mass is 35.5. The first-order valence-electron chi connectivity index (χ1n) is 12.4. The molecule has 196 valence electrons. The predicted octanol–water partition coefficient (Wildman–Crippen LogP) is 5.87. The average molecular weight is 531 g/mol. The van der Waals surface area contributed by atoms with Gasteiger partial charge in [0.25, 0.3) is 0 Å². The largest absolute Gasteiger partial charge is 0.497 e. The number of para-hydroxylation sites is 1. The highest BCUT2D eigenvalue weighted by Gasteiger charge is 2.21. The molecule has 1 N–H and O–H groups in total. The molecule has 0 fully saturated rings. The number of benzene rings is 3. The van der Waals surface area contributed by atoms with Gasteiger partial charge in [-0.05, 0) is 35.7 Å². The second-order valence-electron chi connectivity index (χ2n) is 9.39. The first-order chi connectivity index (χ1) is 18.3. The number of carbonyl (C=O) groups excluding carboxylic acids is 2. The molecule has 1 aromatic heterocycles. The van der Waals surface area contributed by atoms with E-state index in [1.165, 1.54) is 0 Å².